The molecule has 0 aliphatic carbocycles. The van der Waals surface area contributed by atoms with Crippen molar-refractivity contribution < 1.29 is 14.1 Å². The van der Waals surface area contributed by atoms with Crippen molar-refractivity contribution in [2.75, 3.05) is 18.9 Å². The van der Waals surface area contributed by atoms with Gasteiger partial charge in [-0.2, -0.15) is 0 Å². The Balaban J connectivity index is 1.55. The lowest BCUT2D eigenvalue weighted by Crippen LogP contribution is -3.08. The zero-order chi connectivity index (χ0) is 18.5. The minimum absolute atomic E-state index is 0.151. The molecule has 1 unspecified atom stereocenters. The van der Waals surface area contributed by atoms with E-state index in [4.69, 9.17) is 0 Å². The highest BCUT2D eigenvalue weighted by molar-refractivity contribution is 7.13. The Kier molecular flexibility index (Phi) is 5.75. The van der Waals surface area contributed by atoms with Crippen LogP contribution in [0.2, 0.25) is 0 Å². The molecule has 0 fully saturated rings. The molecule has 2 aromatic carbocycles. The highest BCUT2D eigenvalue weighted by atomic mass is 32.1. The van der Waals surface area contributed by atoms with Crippen LogP contribution in [0.5, 0.6) is 0 Å². The van der Waals surface area contributed by atoms with E-state index >= 15 is 0 Å². The van der Waals surface area contributed by atoms with Crippen LogP contribution in [0, 0.1) is 12.7 Å². The number of benzene rings is 2. The molecule has 0 aliphatic rings. The molecule has 26 heavy (non-hydrogen) atoms. The third kappa shape index (κ3) is 4.97. The SMILES string of the molecule is Cc1ccc(-c2nc(C[NH+](C)CC(=O)Nc3cccc(F)c3)cs2)cc1. The van der Waals surface area contributed by atoms with Gasteiger partial charge in [-0.3, -0.25) is 4.79 Å². The average Bonchev–Trinajstić information content (AvgIpc) is 3.03. The minimum Gasteiger partial charge on any atom is -0.325 e. The lowest BCUT2D eigenvalue weighted by molar-refractivity contribution is -0.885. The number of aryl methyl sites for hydroxylation is 1. The monoisotopic (exact) mass is 370 g/mol. The molecule has 0 spiro atoms. The smallest absolute Gasteiger partial charge is 0.279 e. The maximum atomic E-state index is 13.2. The van der Waals surface area contributed by atoms with E-state index in [0.717, 1.165) is 21.2 Å². The van der Waals surface area contributed by atoms with Gasteiger partial charge in [0.1, 0.15) is 23.1 Å². The van der Waals surface area contributed by atoms with Crippen LogP contribution in [0.3, 0.4) is 0 Å². The Hall–Kier alpha value is -2.57. The van der Waals surface area contributed by atoms with Crippen molar-refractivity contribution in [3.8, 4) is 10.6 Å². The van der Waals surface area contributed by atoms with Gasteiger partial charge in [-0.1, -0.05) is 35.9 Å². The molecule has 134 valence electrons. The van der Waals surface area contributed by atoms with Crippen molar-refractivity contribution in [2.45, 2.75) is 13.5 Å². The van der Waals surface area contributed by atoms with Crippen LogP contribution in [0.4, 0.5) is 10.1 Å². The van der Waals surface area contributed by atoms with Crippen LogP contribution in [0.1, 0.15) is 11.3 Å². The van der Waals surface area contributed by atoms with E-state index in [1.807, 2.05) is 12.4 Å². The number of thiazole rings is 1. The third-order valence-corrected chi connectivity index (χ3v) is 4.84. The van der Waals surface area contributed by atoms with E-state index in [0.29, 0.717) is 12.2 Å². The van der Waals surface area contributed by atoms with Crippen molar-refractivity contribution in [1.29, 1.82) is 0 Å². The van der Waals surface area contributed by atoms with Gasteiger partial charge >= 0.3 is 0 Å². The summed E-state index contributed by atoms with van der Waals surface area (Å²) in [7, 11) is 1.94. The molecule has 0 aliphatic heterocycles. The predicted octanol–water partition coefficient (Wildman–Crippen LogP) is 2.91. The number of carbonyl (C=O) groups is 1. The fourth-order valence-electron chi connectivity index (χ4n) is 2.63. The van der Waals surface area contributed by atoms with Crippen molar-refractivity contribution >= 4 is 22.9 Å². The number of nitrogens with zero attached hydrogens (tertiary/aromatic N) is 1. The normalized spacial score (nSPS) is 12.0. The fourth-order valence-corrected chi connectivity index (χ4v) is 3.46. The van der Waals surface area contributed by atoms with Gasteiger partial charge in [0, 0.05) is 16.6 Å². The van der Waals surface area contributed by atoms with Crippen molar-refractivity contribution in [3.05, 3.63) is 71.0 Å². The number of hydrogen-bond donors (Lipinski definition) is 2. The van der Waals surface area contributed by atoms with E-state index in [1.54, 1.807) is 23.5 Å². The number of anilines is 1. The first kappa shape index (κ1) is 18.2. The molecule has 3 aromatic rings. The molecule has 4 nitrogen and oxygen atoms in total. The molecule has 1 heterocycles. The summed E-state index contributed by atoms with van der Waals surface area (Å²) >= 11 is 1.61. The van der Waals surface area contributed by atoms with Gasteiger partial charge in [-0.05, 0) is 25.1 Å². The zero-order valence-corrected chi connectivity index (χ0v) is 15.6. The Labute approximate surface area is 156 Å². The van der Waals surface area contributed by atoms with Gasteiger partial charge in [0.25, 0.3) is 5.91 Å². The maximum absolute atomic E-state index is 13.2. The highest BCUT2D eigenvalue weighted by Gasteiger charge is 2.13. The lowest BCUT2D eigenvalue weighted by Gasteiger charge is -2.12. The molecule has 6 heteroatoms. The standard InChI is InChI=1S/C20H20FN3OS/c1-14-6-8-15(9-7-14)20-23-18(13-26-20)11-24(2)12-19(25)22-17-5-3-4-16(21)10-17/h3-10,13H,11-12H2,1-2H3,(H,22,25)/p+1. The first-order valence-electron chi connectivity index (χ1n) is 8.38. The van der Waals surface area contributed by atoms with E-state index in [2.05, 4.69) is 41.5 Å². The number of carbonyl (C=O) groups excluding carboxylic acids is 1. The van der Waals surface area contributed by atoms with Gasteiger partial charge in [-0.15, -0.1) is 11.3 Å². The van der Waals surface area contributed by atoms with Gasteiger partial charge < -0.3 is 10.2 Å². The summed E-state index contributed by atoms with van der Waals surface area (Å²) < 4.78 is 13.2. The van der Waals surface area contributed by atoms with Crippen LogP contribution >= 0.6 is 11.3 Å². The number of quaternary nitrogens is 1. The molecule has 1 atom stereocenters. The summed E-state index contributed by atoms with van der Waals surface area (Å²) in [5.74, 6) is -0.517. The molecule has 2 N–H and O–H groups in total. The summed E-state index contributed by atoms with van der Waals surface area (Å²) in [6.45, 7) is 3.00. The number of aromatic nitrogens is 1. The quantitative estimate of drug-likeness (QED) is 0.701. The van der Waals surface area contributed by atoms with E-state index in [-0.39, 0.29) is 18.3 Å². The second kappa shape index (κ2) is 8.21. The van der Waals surface area contributed by atoms with Crippen molar-refractivity contribution in [3.63, 3.8) is 0 Å². The molecule has 1 amide bonds. The third-order valence-electron chi connectivity index (χ3n) is 3.90. The maximum Gasteiger partial charge on any atom is 0.279 e. The predicted molar refractivity (Wildman–Crippen MR) is 103 cm³/mol. The Morgan fingerprint density at radius 1 is 1.23 bits per heavy atom. The summed E-state index contributed by atoms with van der Waals surface area (Å²) in [5.41, 5.74) is 3.76. The Morgan fingerprint density at radius 3 is 2.73 bits per heavy atom. The molecule has 0 bridgehead atoms. The van der Waals surface area contributed by atoms with Gasteiger partial charge in [0.2, 0.25) is 0 Å². The summed E-state index contributed by atoms with van der Waals surface area (Å²) in [4.78, 5) is 17.8. The molecule has 1 aromatic heterocycles. The summed E-state index contributed by atoms with van der Waals surface area (Å²) in [5, 5.41) is 5.73. The number of hydrogen-bond acceptors (Lipinski definition) is 3. The molecule has 0 radical (unpaired) electrons. The molecular weight excluding hydrogens is 349 g/mol. The largest absolute Gasteiger partial charge is 0.325 e. The molecule has 3 rings (SSSR count). The van der Waals surface area contributed by atoms with Gasteiger partial charge in [0.05, 0.1) is 7.05 Å². The van der Waals surface area contributed by atoms with Crippen molar-refractivity contribution in [1.82, 2.24) is 4.98 Å². The molecule has 0 saturated carbocycles. The van der Waals surface area contributed by atoms with Gasteiger partial charge in [-0.25, -0.2) is 9.37 Å². The van der Waals surface area contributed by atoms with Gasteiger partial charge in [0.15, 0.2) is 6.54 Å². The van der Waals surface area contributed by atoms with Crippen LogP contribution in [-0.2, 0) is 11.3 Å². The van der Waals surface area contributed by atoms with Crippen LogP contribution in [0.25, 0.3) is 10.6 Å². The number of likely N-dealkylation sites (N-methyl/N-ethyl adjacent to an activating group) is 1. The van der Waals surface area contributed by atoms with Crippen LogP contribution in [-0.4, -0.2) is 24.5 Å². The number of amides is 1. The fraction of sp³-hybridized carbons (Fsp3) is 0.200. The highest BCUT2D eigenvalue weighted by Crippen LogP contribution is 2.23. The number of nitrogens with one attached hydrogen (secondary N) is 2. The first-order chi connectivity index (χ1) is 12.5. The van der Waals surface area contributed by atoms with Crippen LogP contribution < -0.4 is 10.2 Å². The topological polar surface area (TPSA) is 46.4 Å². The van der Waals surface area contributed by atoms with E-state index < -0.39 is 0 Å². The molecule has 0 saturated heterocycles. The first-order valence-corrected chi connectivity index (χ1v) is 9.26. The van der Waals surface area contributed by atoms with Crippen molar-refractivity contribution in [2.24, 2.45) is 0 Å². The number of halogens is 1. The Bertz CT molecular complexity index is 892. The summed E-state index contributed by atoms with van der Waals surface area (Å²) in [6, 6.07) is 14.2. The van der Waals surface area contributed by atoms with E-state index in [9.17, 15) is 9.18 Å². The minimum atomic E-state index is -0.366. The number of rotatable bonds is 6. The average molecular weight is 370 g/mol. The second-order valence-corrected chi connectivity index (χ2v) is 7.24. The molecular formula is C20H21FN3OS+. The Morgan fingerprint density at radius 2 is 2.00 bits per heavy atom. The lowest BCUT2D eigenvalue weighted by atomic mass is 10.2. The van der Waals surface area contributed by atoms with Crippen LogP contribution in [0.15, 0.2) is 53.9 Å². The second-order valence-electron chi connectivity index (χ2n) is 6.38. The zero-order valence-electron chi connectivity index (χ0n) is 14.8. The van der Waals surface area contributed by atoms with E-state index in [1.165, 1.54) is 17.7 Å². The summed E-state index contributed by atoms with van der Waals surface area (Å²) in [6.07, 6.45) is 0.